The first-order valence-corrected chi connectivity index (χ1v) is 5.64. The number of carbonyl (C=O) groups excluding carboxylic acids is 1. The molecule has 2 N–H and O–H groups in total. The van der Waals surface area contributed by atoms with Crippen LogP contribution in [0.2, 0.25) is 0 Å². The molecule has 0 saturated carbocycles. The summed E-state index contributed by atoms with van der Waals surface area (Å²) in [6.07, 6.45) is 1.19. The standard InChI is InChI=1S/C10H21NO3S/c1-10(2,13-3)5-6-14-9(12)8(11)4-7-15/h8,15H,4-7,11H2,1-3H3. The van der Waals surface area contributed by atoms with Gasteiger partial charge in [0.25, 0.3) is 0 Å². The molecule has 0 radical (unpaired) electrons. The monoisotopic (exact) mass is 235 g/mol. The molecule has 0 aromatic heterocycles. The molecule has 0 amide bonds. The number of ether oxygens (including phenoxy) is 2. The van der Waals surface area contributed by atoms with E-state index in [1.807, 2.05) is 13.8 Å². The number of esters is 1. The smallest absolute Gasteiger partial charge is 0.322 e. The van der Waals surface area contributed by atoms with Gasteiger partial charge < -0.3 is 15.2 Å². The summed E-state index contributed by atoms with van der Waals surface area (Å²) in [6, 6.07) is -0.562. The minimum atomic E-state index is -0.562. The second kappa shape index (κ2) is 7.09. The van der Waals surface area contributed by atoms with Gasteiger partial charge in [-0.15, -0.1) is 0 Å². The summed E-state index contributed by atoms with van der Waals surface area (Å²) in [7, 11) is 1.63. The van der Waals surface area contributed by atoms with Gasteiger partial charge in [0.15, 0.2) is 0 Å². The molecule has 0 rings (SSSR count). The Kier molecular flexibility index (Phi) is 6.96. The summed E-state index contributed by atoms with van der Waals surface area (Å²) < 4.78 is 10.2. The molecule has 1 unspecified atom stereocenters. The SMILES string of the molecule is COC(C)(C)CCOC(=O)C(N)CCS. The Hall–Kier alpha value is -0.260. The van der Waals surface area contributed by atoms with Crippen molar-refractivity contribution < 1.29 is 14.3 Å². The van der Waals surface area contributed by atoms with Crippen LogP contribution in [-0.2, 0) is 14.3 Å². The van der Waals surface area contributed by atoms with E-state index < -0.39 is 6.04 Å². The van der Waals surface area contributed by atoms with Gasteiger partial charge in [-0.3, -0.25) is 4.79 Å². The van der Waals surface area contributed by atoms with E-state index in [2.05, 4.69) is 12.6 Å². The van der Waals surface area contributed by atoms with E-state index in [9.17, 15) is 4.79 Å². The maximum absolute atomic E-state index is 11.3. The maximum Gasteiger partial charge on any atom is 0.322 e. The highest BCUT2D eigenvalue weighted by atomic mass is 32.1. The van der Waals surface area contributed by atoms with Gasteiger partial charge in [-0.2, -0.15) is 12.6 Å². The normalized spacial score (nSPS) is 13.7. The highest BCUT2D eigenvalue weighted by Gasteiger charge is 2.19. The Morgan fingerprint density at radius 1 is 1.53 bits per heavy atom. The van der Waals surface area contributed by atoms with E-state index in [1.165, 1.54) is 0 Å². The third-order valence-corrected chi connectivity index (χ3v) is 2.50. The third kappa shape index (κ3) is 6.76. The fourth-order valence-corrected chi connectivity index (χ4v) is 1.14. The van der Waals surface area contributed by atoms with Crippen molar-refractivity contribution in [3.63, 3.8) is 0 Å². The lowest BCUT2D eigenvalue weighted by Gasteiger charge is -2.22. The molecule has 0 aromatic carbocycles. The molecular weight excluding hydrogens is 214 g/mol. The molecule has 0 aliphatic carbocycles. The molecule has 5 heteroatoms. The molecule has 0 aromatic rings. The Labute approximate surface area is 96.9 Å². The van der Waals surface area contributed by atoms with E-state index in [1.54, 1.807) is 7.11 Å². The number of hydrogen-bond acceptors (Lipinski definition) is 5. The summed E-state index contributed by atoms with van der Waals surface area (Å²) in [4.78, 5) is 11.3. The van der Waals surface area contributed by atoms with Crippen LogP contribution in [0.3, 0.4) is 0 Å². The van der Waals surface area contributed by atoms with Crippen molar-refractivity contribution in [2.45, 2.75) is 38.3 Å². The summed E-state index contributed by atoms with van der Waals surface area (Å²) in [5.74, 6) is 0.218. The minimum Gasteiger partial charge on any atom is -0.464 e. The average molecular weight is 235 g/mol. The van der Waals surface area contributed by atoms with Crippen LogP contribution in [-0.4, -0.2) is 37.1 Å². The largest absolute Gasteiger partial charge is 0.464 e. The fourth-order valence-electron chi connectivity index (χ4n) is 0.863. The van der Waals surface area contributed by atoms with Crippen molar-refractivity contribution in [2.75, 3.05) is 19.5 Å². The molecule has 0 aliphatic heterocycles. The Morgan fingerprint density at radius 2 is 2.13 bits per heavy atom. The van der Waals surface area contributed by atoms with E-state index in [-0.39, 0.29) is 11.6 Å². The zero-order valence-electron chi connectivity index (χ0n) is 9.66. The van der Waals surface area contributed by atoms with Gasteiger partial charge in [0.1, 0.15) is 6.04 Å². The molecular formula is C10H21NO3S. The van der Waals surface area contributed by atoms with Crippen LogP contribution < -0.4 is 5.73 Å². The number of rotatable bonds is 7. The van der Waals surface area contributed by atoms with Crippen LogP contribution in [0.1, 0.15) is 26.7 Å². The van der Waals surface area contributed by atoms with Crippen molar-refractivity contribution in [3.05, 3.63) is 0 Å². The Bertz CT molecular complexity index is 197. The molecule has 90 valence electrons. The highest BCUT2D eigenvalue weighted by molar-refractivity contribution is 7.80. The van der Waals surface area contributed by atoms with Crippen LogP contribution in [0.4, 0.5) is 0 Å². The van der Waals surface area contributed by atoms with Crippen LogP contribution in [0.25, 0.3) is 0 Å². The number of hydrogen-bond donors (Lipinski definition) is 2. The van der Waals surface area contributed by atoms with Crippen LogP contribution in [0, 0.1) is 0 Å². The van der Waals surface area contributed by atoms with Crippen molar-refractivity contribution in [1.82, 2.24) is 0 Å². The molecule has 0 fully saturated rings. The molecule has 1 atom stereocenters. The van der Waals surface area contributed by atoms with Gasteiger partial charge in [-0.05, 0) is 26.0 Å². The molecule has 0 saturated heterocycles. The van der Waals surface area contributed by atoms with Gasteiger partial charge in [0.2, 0.25) is 0 Å². The number of thiol groups is 1. The van der Waals surface area contributed by atoms with Gasteiger partial charge in [-0.25, -0.2) is 0 Å². The van der Waals surface area contributed by atoms with Gasteiger partial charge in [-0.1, -0.05) is 0 Å². The van der Waals surface area contributed by atoms with Crippen molar-refractivity contribution >= 4 is 18.6 Å². The fraction of sp³-hybridized carbons (Fsp3) is 0.900. The summed E-state index contributed by atoms with van der Waals surface area (Å²) >= 11 is 4.00. The Morgan fingerprint density at radius 3 is 2.60 bits per heavy atom. The van der Waals surface area contributed by atoms with Gasteiger partial charge in [0.05, 0.1) is 12.2 Å². The minimum absolute atomic E-state index is 0.270. The van der Waals surface area contributed by atoms with Crippen molar-refractivity contribution in [3.8, 4) is 0 Å². The zero-order valence-corrected chi connectivity index (χ0v) is 10.5. The number of methoxy groups -OCH3 is 1. The Balaban J connectivity index is 3.72. The maximum atomic E-state index is 11.3. The molecule has 0 bridgehead atoms. The lowest BCUT2D eigenvalue weighted by Crippen LogP contribution is -2.34. The predicted molar refractivity (Wildman–Crippen MR) is 63.1 cm³/mol. The lowest BCUT2D eigenvalue weighted by molar-refractivity contribution is -0.146. The summed E-state index contributed by atoms with van der Waals surface area (Å²) in [5, 5.41) is 0. The third-order valence-electron chi connectivity index (χ3n) is 2.24. The van der Waals surface area contributed by atoms with E-state index >= 15 is 0 Å². The topological polar surface area (TPSA) is 61.5 Å². The molecule has 0 aliphatic rings. The van der Waals surface area contributed by atoms with E-state index in [0.717, 1.165) is 0 Å². The van der Waals surface area contributed by atoms with Crippen molar-refractivity contribution in [1.29, 1.82) is 0 Å². The van der Waals surface area contributed by atoms with Crippen LogP contribution >= 0.6 is 12.6 Å². The second-order valence-electron chi connectivity index (χ2n) is 4.00. The highest BCUT2D eigenvalue weighted by Crippen LogP contribution is 2.12. The first kappa shape index (κ1) is 14.7. The van der Waals surface area contributed by atoms with E-state index in [4.69, 9.17) is 15.2 Å². The number of carbonyl (C=O) groups is 1. The lowest BCUT2D eigenvalue weighted by atomic mass is 10.1. The molecule has 0 heterocycles. The zero-order chi connectivity index (χ0) is 11.9. The van der Waals surface area contributed by atoms with Crippen molar-refractivity contribution in [2.24, 2.45) is 5.73 Å². The van der Waals surface area contributed by atoms with Crippen LogP contribution in [0.5, 0.6) is 0 Å². The predicted octanol–water partition coefficient (Wildman–Crippen LogP) is 0.992. The van der Waals surface area contributed by atoms with Gasteiger partial charge in [0, 0.05) is 13.5 Å². The number of nitrogens with two attached hydrogens (primary N) is 1. The first-order valence-electron chi connectivity index (χ1n) is 5.01. The van der Waals surface area contributed by atoms with E-state index in [0.29, 0.717) is 25.2 Å². The van der Waals surface area contributed by atoms with Gasteiger partial charge >= 0.3 is 5.97 Å². The summed E-state index contributed by atoms with van der Waals surface area (Å²) in [6.45, 7) is 4.21. The molecule has 15 heavy (non-hydrogen) atoms. The molecule has 0 spiro atoms. The average Bonchev–Trinajstić information content (AvgIpc) is 2.18. The molecule has 4 nitrogen and oxygen atoms in total. The van der Waals surface area contributed by atoms with Crippen LogP contribution in [0.15, 0.2) is 0 Å². The first-order chi connectivity index (χ1) is 6.93. The summed E-state index contributed by atoms with van der Waals surface area (Å²) in [5.41, 5.74) is 5.29. The quantitative estimate of drug-likeness (QED) is 0.510. The second-order valence-corrected chi connectivity index (χ2v) is 4.45.